The number of halogens is 1. The number of carbonyl (C=O) groups excluding carboxylic acids is 1. The molecule has 180 valence electrons. The Morgan fingerprint density at radius 3 is 2.52 bits per heavy atom. The molecule has 1 N–H and O–H groups in total. The Morgan fingerprint density at radius 1 is 1.03 bits per heavy atom. The first-order chi connectivity index (χ1) is 16.0. The fourth-order valence-corrected chi connectivity index (χ4v) is 5.48. The van der Waals surface area contributed by atoms with Crippen LogP contribution in [0.15, 0.2) is 30.3 Å². The van der Waals surface area contributed by atoms with E-state index in [0.29, 0.717) is 6.54 Å². The first-order valence-electron chi connectivity index (χ1n) is 12.7. The molecule has 0 saturated carbocycles. The van der Waals surface area contributed by atoms with E-state index in [0.717, 1.165) is 42.3 Å². The third-order valence-electron chi connectivity index (χ3n) is 6.88. The summed E-state index contributed by atoms with van der Waals surface area (Å²) >= 11 is 6.30. The van der Waals surface area contributed by atoms with Crippen LogP contribution in [0.3, 0.4) is 0 Å². The van der Waals surface area contributed by atoms with Gasteiger partial charge in [0.05, 0.1) is 0 Å². The summed E-state index contributed by atoms with van der Waals surface area (Å²) in [6, 6.07) is 10.4. The fraction of sp³-hybridized carbons (Fsp3) is 0.593. The molecule has 6 heteroatoms. The van der Waals surface area contributed by atoms with Crippen molar-refractivity contribution in [2.45, 2.75) is 71.5 Å². The van der Waals surface area contributed by atoms with E-state index >= 15 is 0 Å². The van der Waals surface area contributed by atoms with Crippen molar-refractivity contribution < 1.29 is 4.79 Å². The van der Waals surface area contributed by atoms with Gasteiger partial charge in [0.2, 0.25) is 5.91 Å². The molecule has 0 atom stereocenters. The predicted octanol–water partition coefficient (Wildman–Crippen LogP) is 4.96. The van der Waals surface area contributed by atoms with Gasteiger partial charge in [-0.3, -0.25) is 9.69 Å². The Kier molecular flexibility index (Phi) is 8.50. The molecule has 2 aliphatic rings. The Labute approximate surface area is 204 Å². The van der Waals surface area contributed by atoms with Gasteiger partial charge in [-0.25, -0.2) is 0 Å². The average molecular weight is 471 g/mol. The number of carbonyl (C=O) groups is 1. The molecular weight excluding hydrogens is 432 g/mol. The van der Waals surface area contributed by atoms with Crippen molar-refractivity contribution in [1.82, 2.24) is 19.7 Å². The minimum absolute atomic E-state index is 0.0619. The van der Waals surface area contributed by atoms with Crippen LogP contribution in [0.2, 0.25) is 5.02 Å². The average Bonchev–Trinajstić information content (AvgIpc) is 3.14. The molecule has 1 amide bonds. The van der Waals surface area contributed by atoms with E-state index in [-0.39, 0.29) is 11.9 Å². The molecule has 1 fully saturated rings. The van der Waals surface area contributed by atoms with Crippen LogP contribution in [0.4, 0.5) is 0 Å². The molecule has 5 nitrogen and oxygen atoms in total. The summed E-state index contributed by atoms with van der Waals surface area (Å²) in [6.07, 6.45) is 7.67. The zero-order valence-corrected chi connectivity index (χ0v) is 21.0. The van der Waals surface area contributed by atoms with Crippen molar-refractivity contribution in [2.75, 3.05) is 32.7 Å². The van der Waals surface area contributed by atoms with Crippen LogP contribution < -0.4 is 5.32 Å². The highest BCUT2D eigenvalue weighted by molar-refractivity contribution is 6.30. The number of hydrogen-bond donors (Lipinski definition) is 1. The van der Waals surface area contributed by atoms with E-state index in [9.17, 15) is 4.79 Å². The van der Waals surface area contributed by atoms with Crippen LogP contribution in [0, 0.1) is 0 Å². The summed E-state index contributed by atoms with van der Waals surface area (Å²) < 4.78 is 2.21. The third-order valence-corrected chi connectivity index (χ3v) is 7.11. The lowest BCUT2D eigenvalue weighted by atomic mass is 10.1. The van der Waals surface area contributed by atoms with Crippen molar-refractivity contribution in [3.05, 3.63) is 46.6 Å². The van der Waals surface area contributed by atoms with E-state index in [4.69, 9.17) is 11.6 Å². The molecule has 3 heterocycles. The van der Waals surface area contributed by atoms with E-state index in [1.807, 2.05) is 32.0 Å². The Hall–Kier alpha value is -1.82. The number of benzene rings is 1. The molecule has 1 aromatic carbocycles. The minimum Gasteiger partial charge on any atom is -0.352 e. The Bertz CT molecular complexity index is 932. The lowest BCUT2D eigenvalue weighted by molar-refractivity contribution is -0.122. The molecule has 1 saturated heterocycles. The van der Waals surface area contributed by atoms with Crippen molar-refractivity contribution in [3.8, 4) is 11.3 Å². The number of fused-ring (bicyclic) bond motifs is 1. The topological polar surface area (TPSA) is 40.5 Å². The number of rotatable bonds is 9. The molecule has 0 bridgehead atoms. The molecule has 2 aromatic rings. The molecule has 0 spiro atoms. The normalized spacial score (nSPS) is 17.3. The molecule has 0 unspecified atom stereocenters. The second kappa shape index (κ2) is 11.5. The van der Waals surface area contributed by atoms with Gasteiger partial charge < -0.3 is 14.8 Å². The second-order valence-corrected chi connectivity index (χ2v) is 10.4. The SMILES string of the molecule is CC(C)NC(=O)Cn1c(-c2cccc(Cl)c2)cc2c1CCN(CCCCN1CCCCC1)C2. The van der Waals surface area contributed by atoms with E-state index in [1.54, 1.807) is 0 Å². The smallest absolute Gasteiger partial charge is 0.240 e. The predicted molar refractivity (Wildman–Crippen MR) is 137 cm³/mol. The van der Waals surface area contributed by atoms with Crippen molar-refractivity contribution >= 4 is 17.5 Å². The fourth-order valence-electron chi connectivity index (χ4n) is 5.28. The number of nitrogens with zero attached hydrogens (tertiary/aromatic N) is 3. The monoisotopic (exact) mass is 470 g/mol. The lowest BCUT2D eigenvalue weighted by Gasteiger charge is -2.29. The number of unbranched alkanes of at least 4 members (excludes halogenated alkanes) is 1. The molecule has 0 aliphatic carbocycles. The van der Waals surface area contributed by atoms with Gasteiger partial charge in [-0.05, 0) is 95.0 Å². The minimum atomic E-state index is 0.0619. The van der Waals surface area contributed by atoms with Gasteiger partial charge in [0, 0.05) is 42.0 Å². The van der Waals surface area contributed by atoms with Crippen LogP contribution in [-0.4, -0.2) is 59.0 Å². The molecule has 0 radical (unpaired) electrons. The molecular formula is C27H39ClN4O. The number of amides is 1. The van der Waals surface area contributed by atoms with Crippen LogP contribution in [-0.2, 0) is 24.3 Å². The largest absolute Gasteiger partial charge is 0.352 e. The Balaban J connectivity index is 1.43. The van der Waals surface area contributed by atoms with Crippen LogP contribution in [0.25, 0.3) is 11.3 Å². The first-order valence-corrected chi connectivity index (χ1v) is 13.1. The summed E-state index contributed by atoms with van der Waals surface area (Å²) in [5, 5.41) is 3.77. The number of hydrogen-bond acceptors (Lipinski definition) is 3. The number of piperidine rings is 1. The second-order valence-electron chi connectivity index (χ2n) is 9.96. The van der Waals surface area contributed by atoms with Gasteiger partial charge in [0.15, 0.2) is 0 Å². The lowest BCUT2D eigenvalue weighted by Crippen LogP contribution is -2.35. The molecule has 33 heavy (non-hydrogen) atoms. The third kappa shape index (κ3) is 6.62. The highest BCUT2D eigenvalue weighted by atomic mass is 35.5. The van der Waals surface area contributed by atoms with Gasteiger partial charge in [0.1, 0.15) is 6.54 Å². The van der Waals surface area contributed by atoms with E-state index < -0.39 is 0 Å². The summed E-state index contributed by atoms with van der Waals surface area (Å²) in [5.74, 6) is 0.0619. The van der Waals surface area contributed by atoms with E-state index in [2.05, 4.69) is 31.8 Å². The quantitative estimate of drug-likeness (QED) is 0.527. The molecule has 2 aliphatic heterocycles. The summed E-state index contributed by atoms with van der Waals surface area (Å²) in [6.45, 7) is 11.4. The Morgan fingerprint density at radius 2 is 1.79 bits per heavy atom. The van der Waals surface area contributed by atoms with Gasteiger partial charge in [-0.15, -0.1) is 0 Å². The zero-order chi connectivity index (χ0) is 23.2. The standard InChI is InChI=1S/C27H39ClN4O/c1-21(2)29-27(33)20-32-25-11-16-31(15-7-6-14-30-12-4-3-5-13-30)19-23(25)18-26(32)22-9-8-10-24(28)17-22/h8-10,17-18,21H,3-7,11-16,19-20H2,1-2H3,(H,29,33). The highest BCUT2D eigenvalue weighted by Crippen LogP contribution is 2.31. The summed E-state index contributed by atoms with van der Waals surface area (Å²) in [4.78, 5) is 17.9. The molecule has 4 rings (SSSR count). The van der Waals surface area contributed by atoms with Gasteiger partial charge in [-0.1, -0.05) is 30.2 Å². The van der Waals surface area contributed by atoms with Crippen molar-refractivity contribution in [3.63, 3.8) is 0 Å². The van der Waals surface area contributed by atoms with Crippen LogP contribution >= 0.6 is 11.6 Å². The summed E-state index contributed by atoms with van der Waals surface area (Å²) in [7, 11) is 0. The number of aromatic nitrogens is 1. The van der Waals surface area contributed by atoms with Gasteiger partial charge >= 0.3 is 0 Å². The van der Waals surface area contributed by atoms with Gasteiger partial charge in [-0.2, -0.15) is 0 Å². The van der Waals surface area contributed by atoms with Crippen molar-refractivity contribution in [2.24, 2.45) is 0 Å². The zero-order valence-electron chi connectivity index (χ0n) is 20.3. The highest BCUT2D eigenvalue weighted by Gasteiger charge is 2.24. The maximum atomic E-state index is 12.7. The maximum absolute atomic E-state index is 12.7. The first kappa shape index (κ1) is 24.3. The van der Waals surface area contributed by atoms with Crippen molar-refractivity contribution in [1.29, 1.82) is 0 Å². The van der Waals surface area contributed by atoms with E-state index in [1.165, 1.54) is 63.0 Å². The number of likely N-dealkylation sites (tertiary alicyclic amines) is 1. The van der Waals surface area contributed by atoms with Gasteiger partial charge in [0.25, 0.3) is 0 Å². The van der Waals surface area contributed by atoms with Crippen LogP contribution in [0.1, 0.15) is 57.2 Å². The summed E-state index contributed by atoms with van der Waals surface area (Å²) in [5.41, 5.74) is 4.81. The maximum Gasteiger partial charge on any atom is 0.240 e. The molecule has 1 aromatic heterocycles. The van der Waals surface area contributed by atoms with Crippen LogP contribution in [0.5, 0.6) is 0 Å². The number of nitrogens with one attached hydrogen (secondary N) is 1.